The minimum absolute atomic E-state index is 0.0310. The summed E-state index contributed by atoms with van der Waals surface area (Å²) in [4.78, 5) is 13.9. The van der Waals surface area contributed by atoms with Crippen molar-refractivity contribution in [3.63, 3.8) is 0 Å². The number of pyridine rings is 1. The molecule has 0 unspecified atom stereocenters. The Bertz CT molecular complexity index is 664. The third kappa shape index (κ3) is 2.97. The van der Waals surface area contributed by atoms with Crippen LogP contribution in [0.3, 0.4) is 0 Å². The number of aromatic nitrogens is 1. The zero-order valence-corrected chi connectivity index (χ0v) is 10.1. The van der Waals surface area contributed by atoms with Crippen molar-refractivity contribution in [1.29, 1.82) is 0 Å². The van der Waals surface area contributed by atoms with E-state index in [1.165, 1.54) is 12.1 Å². The van der Waals surface area contributed by atoms with E-state index in [2.05, 4.69) is 10.3 Å². The van der Waals surface area contributed by atoms with Crippen molar-refractivity contribution >= 4 is 17.3 Å². The van der Waals surface area contributed by atoms with Gasteiger partial charge < -0.3 is 11.1 Å². The van der Waals surface area contributed by atoms with Gasteiger partial charge in [-0.15, -0.1) is 0 Å². The molecule has 0 atom stereocenters. The number of benzene rings is 1. The van der Waals surface area contributed by atoms with Crippen LogP contribution < -0.4 is 11.1 Å². The summed E-state index contributed by atoms with van der Waals surface area (Å²) in [6.45, 7) is -0.152. The first-order valence-corrected chi connectivity index (χ1v) is 5.56. The van der Waals surface area contributed by atoms with Crippen molar-refractivity contribution in [2.24, 2.45) is 0 Å². The van der Waals surface area contributed by atoms with Gasteiger partial charge in [-0.3, -0.25) is 10.1 Å². The van der Waals surface area contributed by atoms with Crippen molar-refractivity contribution < 1.29 is 13.7 Å². The monoisotopic (exact) mass is 280 g/mol. The lowest BCUT2D eigenvalue weighted by molar-refractivity contribution is -0.384. The largest absolute Gasteiger partial charge is 0.384 e. The minimum atomic E-state index is -0.642. The van der Waals surface area contributed by atoms with E-state index < -0.39 is 16.6 Å². The molecule has 0 aliphatic carbocycles. The molecule has 0 fully saturated rings. The molecule has 2 rings (SSSR count). The summed E-state index contributed by atoms with van der Waals surface area (Å²) in [7, 11) is 0. The quantitative estimate of drug-likeness (QED) is 0.662. The zero-order chi connectivity index (χ0) is 14.7. The van der Waals surface area contributed by atoms with Crippen molar-refractivity contribution in [1.82, 2.24) is 4.98 Å². The highest BCUT2D eigenvalue weighted by molar-refractivity contribution is 5.59. The van der Waals surface area contributed by atoms with Crippen LogP contribution in [0, 0.1) is 21.7 Å². The van der Waals surface area contributed by atoms with Crippen LogP contribution in [0.4, 0.5) is 26.1 Å². The molecule has 0 radical (unpaired) electrons. The lowest BCUT2D eigenvalue weighted by Gasteiger charge is -2.08. The first-order chi connectivity index (χ1) is 9.47. The third-order valence-corrected chi connectivity index (χ3v) is 2.55. The van der Waals surface area contributed by atoms with Crippen LogP contribution in [0.5, 0.6) is 0 Å². The molecule has 8 heteroatoms. The van der Waals surface area contributed by atoms with Crippen LogP contribution in [0.2, 0.25) is 0 Å². The number of nitrogens with zero attached hydrogens (tertiary/aromatic N) is 2. The van der Waals surface area contributed by atoms with Gasteiger partial charge in [0.25, 0.3) is 0 Å². The summed E-state index contributed by atoms with van der Waals surface area (Å²) in [5.41, 5.74) is 5.18. The Morgan fingerprint density at radius 2 is 2.05 bits per heavy atom. The molecule has 0 aliphatic rings. The maximum atomic E-state index is 13.4. The zero-order valence-electron chi connectivity index (χ0n) is 10.1. The molecule has 1 heterocycles. The molecular weight excluding hydrogens is 270 g/mol. The fourth-order valence-corrected chi connectivity index (χ4v) is 1.60. The topological polar surface area (TPSA) is 94.1 Å². The van der Waals surface area contributed by atoms with Crippen molar-refractivity contribution in [3.8, 4) is 0 Å². The molecule has 0 aliphatic heterocycles. The van der Waals surface area contributed by atoms with Gasteiger partial charge in [0.15, 0.2) is 0 Å². The standard InChI is InChI=1S/C12H10F2N4O2/c13-8-1-2-9(14)7(5-8)6-16-12-10(18(19)20)3-4-11(15)17-12/h1-5H,6H2,(H3,15,16,17). The Morgan fingerprint density at radius 3 is 2.75 bits per heavy atom. The van der Waals surface area contributed by atoms with Crippen molar-refractivity contribution in [2.75, 3.05) is 11.1 Å². The number of hydrogen-bond donors (Lipinski definition) is 2. The first kappa shape index (κ1) is 13.7. The number of hydrogen-bond acceptors (Lipinski definition) is 5. The van der Waals surface area contributed by atoms with Crippen LogP contribution in [0.1, 0.15) is 5.56 Å². The van der Waals surface area contributed by atoms with Crippen LogP contribution in [0.15, 0.2) is 30.3 Å². The Morgan fingerprint density at radius 1 is 1.30 bits per heavy atom. The molecule has 2 aromatic rings. The summed E-state index contributed by atoms with van der Waals surface area (Å²) in [5, 5.41) is 13.4. The Kier molecular flexibility index (Phi) is 3.74. The van der Waals surface area contributed by atoms with Crippen LogP contribution in [-0.2, 0) is 6.54 Å². The first-order valence-electron chi connectivity index (χ1n) is 5.56. The molecule has 0 spiro atoms. The van der Waals surface area contributed by atoms with Gasteiger partial charge in [-0.05, 0) is 24.3 Å². The molecule has 104 valence electrons. The number of rotatable bonds is 4. The van der Waals surface area contributed by atoms with Crippen molar-refractivity contribution in [2.45, 2.75) is 6.54 Å². The molecule has 3 N–H and O–H groups in total. The van der Waals surface area contributed by atoms with Gasteiger partial charge >= 0.3 is 5.69 Å². The van der Waals surface area contributed by atoms with E-state index in [9.17, 15) is 18.9 Å². The van der Waals surface area contributed by atoms with Gasteiger partial charge in [0.2, 0.25) is 5.82 Å². The Hall–Kier alpha value is -2.77. The molecule has 0 bridgehead atoms. The smallest absolute Gasteiger partial charge is 0.311 e. The fourth-order valence-electron chi connectivity index (χ4n) is 1.60. The lowest BCUT2D eigenvalue weighted by Crippen LogP contribution is -2.07. The van der Waals surface area contributed by atoms with E-state index in [0.717, 1.165) is 18.2 Å². The second kappa shape index (κ2) is 5.47. The van der Waals surface area contributed by atoms with Gasteiger partial charge in [0, 0.05) is 18.2 Å². The fraction of sp³-hybridized carbons (Fsp3) is 0.0833. The van der Waals surface area contributed by atoms with Gasteiger partial charge in [0.1, 0.15) is 17.5 Å². The summed E-state index contributed by atoms with van der Waals surface area (Å²) in [6, 6.07) is 5.44. The van der Waals surface area contributed by atoms with E-state index in [-0.39, 0.29) is 29.4 Å². The predicted molar refractivity (Wildman–Crippen MR) is 69.0 cm³/mol. The molecule has 1 aromatic carbocycles. The maximum Gasteiger partial charge on any atom is 0.311 e. The number of nitrogens with one attached hydrogen (secondary N) is 1. The van der Waals surface area contributed by atoms with Gasteiger partial charge in [0.05, 0.1) is 4.92 Å². The maximum absolute atomic E-state index is 13.4. The average molecular weight is 280 g/mol. The predicted octanol–water partition coefficient (Wildman–Crippen LogP) is 2.46. The summed E-state index contributed by atoms with van der Waals surface area (Å²) < 4.78 is 26.4. The third-order valence-electron chi connectivity index (χ3n) is 2.55. The molecule has 0 amide bonds. The van der Waals surface area contributed by atoms with E-state index in [1.54, 1.807) is 0 Å². The Labute approximate surface area is 112 Å². The number of nitro groups is 1. The lowest BCUT2D eigenvalue weighted by atomic mass is 10.2. The van der Waals surface area contributed by atoms with E-state index >= 15 is 0 Å². The SMILES string of the molecule is Nc1ccc([N+](=O)[O-])c(NCc2cc(F)ccc2F)n1. The molecule has 0 saturated carbocycles. The van der Waals surface area contributed by atoms with Crippen LogP contribution >= 0.6 is 0 Å². The Balaban J connectivity index is 2.24. The minimum Gasteiger partial charge on any atom is -0.384 e. The normalized spacial score (nSPS) is 10.3. The number of halogens is 2. The summed E-state index contributed by atoms with van der Waals surface area (Å²) >= 11 is 0. The van der Waals surface area contributed by atoms with E-state index in [1.807, 2.05) is 0 Å². The number of anilines is 2. The number of nitrogens with two attached hydrogens (primary N) is 1. The highest BCUT2D eigenvalue weighted by Gasteiger charge is 2.15. The molecule has 20 heavy (non-hydrogen) atoms. The molecule has 1 aromatic heterocycles. The van der Waals surface area contributed by atoms with Crippen LogP contribution in [0.25, 0.3) is 0 Å². The van der Waals surface area contributed by atoms with Gasteiger partial charge in [-0.25, -0.2) is 13.8 Å². The molecule has 6 nitrogen and oxygen atoms in total. The highest BCUT2D eigenvalue weighted by atomic mass is 19.1. The average Bonchev–Trinajstić information content (AvgIpc) is 2.39. The summed E-state index contributed by atoms with van der Waals surface area (Å²) in [6.07, 6.45) is 0. The van der Waals surface area contributed by atoms with Gasteiger partial charge in [-0.1, -0.05) is 0 Å². The van der Waals surface area contributed by atoms with E-state index in [0.29, 0.717) is 0 Å². The second-order valence-corrected chi connectivity index (χ2v) is 3.95. The van der Waals surface area contributed by atoms with Crippen LogP contribution in [-0.4, -0.2) is 9.91 Å². The van der Waals surface area contributed by atoms with Gasteiger partial charge in [-0.2, -0.15) is 0 Å². The molecule has 0 saturated heterocycles. The number of nitrogen functional groups attached to an aromatic ring is 1. The summed E-state index contributed by atoms with van der Waals surface area (Å²) in [5.74, 6) is -1.24. The van der Waals surface area contributed by atoms with Crippen molar-refractivity contribution in [3.05, 3.63) is 57.6 Å². The molecular formula is C12H10F2N4O2. The highest BCUT2D eigenvalue weighted by Crippen LogP contribution is 2.23. The second-order valence-electron chi connectivity index (χ2n) is 3.95. The van der Waals surface area contributed by atoms with E-state index in [4.69, 9.17) is 5.73 Å².